The first kappa shape index (κ1) is 10.9. The molecule has 1 aliphatic heterocycles. The molecule has 0 radical (unpaired) electrons. The Morgan fingerprint density at radius 2 is 2.38 bits per heavy atom. The molecule has 0 aromatic rings. The second-order valence-corrected chi connectivity index (χ2v) is 3.57. The van der Waals surface area contributed by atoms with Gasteiger partial charge in [-0.3, -0.25) is 0 Å². The van der Waals surface area contributed by atoms with Crippen LogP contribution >= 0.6 is 9.12 Å². The molecule has 0 saturated carbocycles. The number of ether oxygens (including phenoxy) is 1. The van der Waals surface area contributed by atoms with Crippen LogP contribution in [0.1, 0.15) is 20.3 Å². The summed E-state index contributed by atoms with van der Waals surface area (Å²) in [7, 11) is -1.22. The maximum Gasteiger partial charge on any atom is 0.206 e. The summed E-state index contributed by atoms with van der Waals surface area (Å²) in [5.74, 6) is 0.0302. The Balaban J connectivity index is 2.78. The Bertz CT molecular complexity index is 208. The highest BCUT2D eigenvalue weighted by atomic mass is 31.1. The van der Waals surface area contributed by atoms with Crippen molar-refractivity contribution in [3.63, 3.8) is 0 Å². The van der Waals surface area contributed by atoms with Crippen molar-refractivity contribution in [1.82, 2.24) is 0 Å². The van der Waals surface area contributed by atoms with E-state index in [-0.39, 0.29) is 5.76 Å². The molecular formula is C8H13F2O2P. The van der Waals surface area contributed by atoms with Crippen LogP contribution in [0.3, 0.4) is 0 Å². The summed E-state index contributed by atoms with van der Waals surface area (Å²) in [6.45, 7) is 6.57. The van der Waals surface area contributed by atoms with E-state index in [0.717, 1.165) is 0 Å². The topological polar surface area (TPSA) is 18.5 Å². The standard InChI is InChI=1S/C8H13F2O2P/c1-4-6-7(12-13-10)8(3,9)5(2)11-6/h6-7,13H,2,4H2,1,3H3/t6-,7?,8+/m1/s1. The van der Waals surface area contributed by atoms with Gasteiger partial charge in [-0.05, 0) is 13.3 Å². The van der Waals surface area contributed by atoms with E-state index in [0.29, 0.717) is 6.42 Å². The normalized spacial score (nSPS) is 40.2. The van der Waals surface area contributed by atoms with E-state index in [4.69, 9.17) is 9.26 Å². The molecule has 5 heteroatoms. The van der Waals surface area contributed by atoms with Gasteiger partial charge in [0.1, 0.15) is 18.0 Å². The summed E-state index contributed by atoms with van der Waals surface area (Å²) in [6.07, 6.45) is -0.715. The van der Waals surface area contributed by atoms with Crippen molar-refractivity contribution in [3.8, 4) is 0 Å². The van der Waals surface area contributed by atoms with E-state index in [1.54, 1.807) is 0 Å². The summed E-state index contributed by atoms with van der Waals surface area (Å²) in [5.41, 5.74) is -1.78. The van der Waals surface area contributed by atoms with Crippen LogP contribution in [0, 0.1) is 0 Å². The van der Waals surface area contributed by atoms with Gasteiger partial charge in [-0.25, -0.2) is 4.39 Å². The van der Waals surface area contributed by atoms with Crippen molar-refractivity contribution in [2.75, 3.05) is 0 Å². The maximum atomic E-state index is 13.8. The van der Waals surface area contributed by atoms with Gasteiger partial charge >= 0.3 is 0 Å². The zero-order valence-electron chi connectivity index (χ0n) is 7.64. The molecule has 0 spiro atoms. The minimum atomic E-state index is -1.78. The summed E-state index contributed by atoms with van der Waals surface area (Å²) in [6, 6.07) is 0. The molecule has 2 unspecified atom stereocenters. The summed E-state index contributed by atoms with van der Waals surface area (Å²) in [5, 5.41) is 0. The molecular weight excluding hydrogens is 197 g/mol. The molecule has 0 aliphatic carbocycles. The minimum Gasteiger partial charge on any atom is -0.489 e. The number of alkyl halides is 1. The second-order valence-electron chi connectivity index (χ2n) is 3.18. The van der Waals surface area contributed by atoms with Crippen molar-refractivity contribution >= 4 is 9.12 Å². The first-order chi connectivity index (χ1) is 6.04. The Kier molecular flexibility index (Phi) is 3.25. The Labute approximate surface area is 78.3 Å². The quantitative estimate of drug-likeness (QED) is 0.667. The van der Waals surface area contributed by atoms with Gasteiger partial charge in [-0.15, -0.1) is 0 Å². The largest absolute Gasteiger partial charge is 0.489 e. The average Bonchev–Trinajstić information content (AvgIpc) is 2.29. The lowest BCUT2D eigenvalue weighted by Gasteiger charge is -2.21. The van der Waals surface area contributed by atoms with Crippen LogP contribution in [0.4, 0.5) is 8.59 Å². The minimum absolute atomic E-state index is 0.0302. The predicted molar refractivity (Wildman–Crippen MR) is 48.1 cm³/mol. The Morgan fingerprint density at radius 1 is 1.77 bits per heavy atom. The van der Waals surface area contributed by atoms with Crippen LogP contribution in [0.15, 0.2) is 12.3 Å². The van der Waals surface area contributed by atoms with Gasteiger partial charge < -0.3 is 9.26 Å². The fraction of sp³-hybridized carbons (Fsp3) is 0.750. The van der Waals surface area contributed by atoms with E-state index >= 15 is 0 Å². The van der Waals surface area contributed by atoms with E-state index in [1.807, 2.05) is 6.92 Å². The first-order valence-corrected chi connectivity index (χ1v) is 4.88. The fourth-order valence-electron chi connectivity index (χ4n) is 1.40. The third-order valence-electron chi connectivity index (χ3n) is 2.28. The molecule has 1 saturated heterocycles. The Hall–Kier alpha value is -0.210. The van der Waals surface area contributed by atoms with E-state index in [1.165, 1.54) is 6.92 Å². The maximum absolute atomic E-state index is 13.8. The molecule has 0 aromatic heterocycles. The monoisotopic (exact) mass is 210 g/mol. The van der Waals surface area contributed by atoms with Gasteiger partial charge in [-0.1, -0.05) is 13.5 Å². The fourth-order valence-corrected chi connectivity index (χ4v) is 1.87. The van der Waals surface area contributed by atoms with Crippen LogP contribution < -0.4 is 0 Å². The Morgan fingerprint density at radius 3 is 2.85 bits per heavy atom. The zero-order chi connectivity index (χ0) is 10.1. The highest BCUT2D eigenvalue weighted by Gasteiger charge is 2.51. The molecule has 1 fully saturated rings. The summed E-state index contributed by atoms with van der Waals surface area (Å²) < 4.78 is 35.6. The van der Waals surface area contributed by atoms with Crippen molar-refractivity contribution in [3.05, 3.63) is 12.3 Å². The lowest BCUT2D eigenvalue weighted by atomic mass is 9.98. The lowest BCUT2D eigenvalue weighted by Crippen LogP contribution is -2.36. The van der Waals surface area contributed by atoms with Gasteiger partial charge in [0.15, 0.2) is 5.67 Å². The highest BCUT2D eigenvalue weighted by Crippen LogP contribution is 2.42. The molecule has 0 aromatic carbocycles. The van der Waals surface area contributed by atoms with Crippen LogP contribution in [-0.4, -0.2) is 17.9 Å². The van der Waals surface area contributed by atoms with Gasteiger partial charge in [0.2, 0.25) is 9.12 Å². The number of hydrogen-bond donors (Lipinski definition) is 0. The molecule has 1 aliphatic rings. The molecule has 2 nitrogen and oxygen atoms in total. The number of halogens is 2. The molecule has 1 rings (SSSR count). The van der Waals surface area contributed by atoms with Crippen LogP contribution in [0.2, 0.25) is 0 Å². The molecule has 13 heavy (non-hydrogen) atoms. The average molecular weight is 210 g/mol. The van der Waals surface area contributed by atoms with E-state index < -0.39 is 27.0 Å². The summed E-state index contributed by atoms with van der Waals surface area (Å²) >= 11 is 0. The van der Waals surface area contributed by atoms with Gasteiger partial charge in [-0.2, -0.15) is 4.20 Å². The van der Waals surface area contributed by atoms with Crippen LogP contribution in [0.25, 0.3) is 0 Å². The molecule has 1 heterocycles. The van der Waals surface area contributed by atoms with Gasteiger partial charge in [0.25, 0.3) is 0 Å². The summed E-state index contributed by atoms with van der Waals surface area (Å²) in [4.78, 5) is 0. The van der Waals surface area contributed by atoms with Crippen LogP contribution in [-0.2, 0) is 9.26 Å². The predicted octanol–water partition coefficient (Wildman–Crippen LogP) is 2.90. The van der Waals surface area contributed by atoms with Crippen molar-refractivity contribution in [2.24, 2.45) is 0 Å². The molecule has 4 atom stereocenters. The molecule has 0 amide bonds. The highest BCUT2D eigenvalue weighted by molar-refractivity contribution is 7.25. The van der Waals surface area contributed by atoms with Crippen LogP contribution in [0.5, 0.6) is 0 Å². The van der Waals surface area contributed by atoms with E-state index in [2.05, 4.69) is 6.58 Å². The smallest absolute Gasteiger partial charge is 0.206 e. The molecule has 0 N–H and O–H groups in total. The van der Waals surface area contributed by atoms with Crippen molar-refractivity contribution in [2.45, 2.75) is 38.1 Å². The van der Waals surface area contributed by atoms with Gasteiger partial charge in [0.05, 0.1) is 0 Å². The van der Waals surface area contributed by atoms with Gasteiger partial charge in [0, 0.05) is 0 Å². The number of hydrogen-bond acceptors (Lipinski definition) is 2. The third kappa shape index (κ3) is 1.84. The van der Waals surface area contributed by atoms with E-state index in [9.17, 15) is 8.59 Å². The number of rotatable bonds is 3. The SMILES string of the molecule is C=C1O[C@H](CC)C(OPF)[C@@]1(C)F. The first-order valence-electron chi connectivity index (χ1n) is 4.10. The molecule has 0 bridgehead atoms. The molecule has 76 valence electrons. The van der Waals surface area contributed by atoms with Crippen molar-refractivity contribution < 1.29 is 17.8 Å². The third-order valence-corrected chi connectivity index (χ3v) is 2.63. The second kappa shape index (κ2) is 3.89. The lowest BCUT2D eigenvalue weighted by molar-refractivity contribution is 0.0423. The zero-order valence-corrected chi connectivity index (χ0v) is 8.64. The van der Waals surface area contributed by atoms with Crippen molar-refractivity contribution in [1.29, 1.82) is 0 Å².